The van der Waals surface area contributed by atoms with Crippen molar-refractivity contribution in [3.63, 3.8) is 0 Å². The number of likely N-dealkylation sites (tertiary alicyclic amines) is 1. The molecule has 1 N–H and O–H groups in total. The van der Waals surface area contributed by atoms with E-state index < -0.39 is 11.7 Å². The summed E-state index contributed by atoms with van der Waals surface area (Å²) in [7, 11) is 2.22. The third kappa shape index (κ3) is 2.67. The largest absolute Gasteiger partial charge is 0.507 e. The number of alkyl halides is 3. The van der Waals surface area contributed by atoms with Crippen LogP contribution < -0.4 is 0 Å². The summed E-state index contributed by atoms with van der Waals surface area (Å²) in [5, 5.41) is 10.9. The SMILES string of the molecule is CN1CC[C@@]23CCCC[C@]2(C)[C@@H]1Cc1cc(-c2ccc(C(F)(F)F)cc2)c(O)cc13. The highest BCUT2D eigenvalue weighted by molar-refractivity contribution is 5.73. The number of aromatic hydroxyl groups is 1. The fourth-order valence-electron chi connectivity index (χ4n) is 6.83. The lowest BCUT2D eigenvalue weighted by Gasteiger charge is -2.65. The Balaban J connectivity index is 1.62. The molecule has 0 aromatic heterocycles. The van der Waals surface area contributed by atoms with Crippen molar-refractivity contribution in [1.82, 2.24) is 4.90 Å². The standard InChI is InChI=1S/C25H28F3NO/c1-23-9-3-4-10-24(23)11-12-29(2)22(23)14-17-13-19(21(30)15-20(17)24)16-5-7-18(8-6-16)25(26,27)28/h5-8,13,15,22,30H,3-4,9-12,14H2,1-2H3/t22-,23+,24+/m0/s1. The first kappa shape index (κ1) is 19.9. The fraction of sp³-hybridized carbons (Fsp3) is 0.520. The van der Waals surface area contributed by atoms with Gasteiger partial charge >= 0.3 is 6.18 Å². The lowest BCUT2D eigenvalue weighted by atomic mass is 9.44. The number of halogens is 3. The van der Waals surface area contributed by atoms with Crippen LogP contribution >= 0.6 is 0 Å². The maximum absolute atomic E-state index is 12.9. The van der Waals surface area contributed by atoms with Crippen LogP contribution in [0, 0.1) is 5.41 Å². The van der Waals surface area contributed by atoms with Gasteiger partial charge in [-0.3, -0.25) is 0 Å². The predicted molar refractivity (Wildman–Crippen MR) is 112 cm³/mol. The van der Waals surface area contributed by atoms with Crippen molar-refractivity contribution in [2.24, 2.45) is 5.41 Å². The summed E-state index contributed by atoms with van der Waals surface area (Å²) in [6.45, 7) is 3.51. The van der Waals surface area contributed by atoms with E-state index in [0.29, 0.717) is 17.2 Å². The molecule has 0 amide bonds. The number of hydrogen-bond acceptors (Lipinski definition) is 2. The molecule has 2 nitrogen and oxygen atoms in total. The molecule has 2 bridgehead atoms. The van der Waals surface area contributed by atoms with Crippen molar-refractivity contribution in [2.75, 3.05) is 13.6 Å². The van der Waals surface area contributed by atoms with E-state index in [4.69, 9.17) is 0 Å². The zero-order valence-corrected chi connectivity index (χ0v) is 17.5. The van der Waals surface area contributed by atoms with Crippen LogP contribution in [0.4, 0.5) is 13.2 Å². The van der Waals surface area contributed by atoms with Gasteiger partial charge in [-0.15, -0.1) is 0 Å². The molecule has 3 atom stereocenters. The van der Waals surface area contributed by atoms with Gasteiger partial charge in [0.2, 0.25) is 0 Å². The highest BCUT2D eigenvalue weighted by Crippen LogP contribution is 2.63. The number of piperidine rings is 1. The van der Waals surface area contributed by atoms with E-state index in [-0.39, 0.29) is 16.6 Å². The number of benzene rings is 2. The fourth-order valence-corrected chi connectivity index (χ4v) is 6.83. The summed E-state index contributed by atoms with van der Waals surface area (Å²) in [5.74, 6) is 0.174. The van der Waals surface area contributed by atoms with Crippen LogP contribution in [0.3, 0.4) is 0 Å². The monoisotopic (exact) mass is 415 g/mol. The van der Waals surface area contributed by atoms with Crippen molar-refractivity contribution in [2.45, 2.75) is 63.1 Å². The van der Waals surface area contributed by atoms with Gasteiger partial charge in [0.15, 0.2) is 0 Å². The third-order valence-corrected chi connectivity index (χ3v) is 8.48. The van der Waals surface area contributed by atoms with Gasteiger partial charge in [0.05, 0.1) is 5.56 Å². The highest BCUT2D eigenvalue weighted by atomic mass is 19.4. The van der Waals surface area contributed by atoms with E-state index >= 15 is 0 Å². The molecule has 1 aliphatic heterocycles. The van der Waals surface area contributed by atoms with E-state index in [1.807, 2.05) is 12.1 Å². The van der Waals surface area contributed by atoms with Gasteiger partial charge in [-0.05, 0) is 85.6 Å². The first-order chi connectivity index (χ1) is 14.2. The quantitative estimate of drug-likeness (QED) is 0.603. The number of fused-ring (bicyclic) bond motifs is 1. The van der Waals surface area contributed by atoms with Crippen LogP contribution in [0.15, 0.2) is 36.4 Å². The molecule has 2 aromatic carbocycles. The van der Waals surface area contributed by atoms with Crippen molar-refractivity contribution >= 4 is 0 Å². The Morgan fingerprint density at radius 2 is 1.73 bits per heavy atom. The molecule has 3 aliphatic rings. The number of likely N-dealkylation sites (N-methyl/N-ethyl adjacent to an activating group) is 1. The third-order valence-electron chi connectivity index (χ3n) is 8.48. The van der Waals surface area contributed by atoms with Gasteiger partial charge in [0, 0.05) is 17.0 Å². The van der Waals surface area contributed by atoms with Crippen molar-refractivity contribution < 1.29 is 18.3 Å². The summed E-state index contributed by atoms with van der Waals surface area (Å²) < 4.78 is 38.8. The van der Waals surface area contributed by atoms with E-state index in [9.17, 15) is 18.3 Å². The smallest absolute Gasteiger partial charge is 0.416 e. The lowest BCUT2D eigenvalue weighted by Crippen LogP contribution is -2.66. The summed E-state index contributed by atoms with van der Waals surface area (Å²) in [4.78, 5) is 2.50. The average Bonchev–Trinajstić information content (AvgIpc) is 2.70. The maximum atomic E-state index is 12.9. The van der Waals surface area contributed by atoms with Gasteiger partial charge in [-0.1, -0.05) is 31.9 Å². The molecule has 5 rings (SSSR count). The maximum Gasteiger partial charge on any atom is 0.416 e. The molecule has 5 heteroatoms. The Labute approximate surface area is 175 Å². The zero-order valence-electron chi connectivity index (χ0n) is 17.5. The molecule has 1 heterocycles. The molecule has 1 saturated carbocycles. The van der Waals surface area contributed by atoms with Gasteiger partial charge < -0.3 is 10.0 Å². The Hall–Kier alpha value is -2.01. The molecular weight excluding hydrogens is 387 g/mol. The molecule has 160 valence electrons. The van der Waals surface area contributed by atoms with Crippen LogP contribution in [0.1, 0.15) is 55.7 Å². The Morgan fingerprint density at radius 1 is 1.03 bits per heavy atom. The normalized spacial score (nSPS) is 31.2. The second-order valence-electron chi connectivity index (χ2n) is 9.76. The minimum Gasteiger partial charge on any atom is -0.507 e. The van der Waals surface area contributed by atoms with Crippen molar-refractivity contribution in [3.8, 4) is 16.9 Å². The minimum atomic E-state index is -4.36. The van der Waals surface area contributed by atoms with E-state index in [2.05, 4.69) is 18.9 Å². The van der Waals surface area contributed by atoms with E-state index in [1.54, 1.807) is 0 Å². The van der Waals surface area contributed by atoms with Gasteiger partial charge in [-0.2, -0.15) is 13.2 Å². The minimum absolute atomic E-state index is 0.0894. The van der Waals surface area contributed by atoms with Crippen LogP contribution in [-0.4, -0.2) is 29.6 Å². The lowest BCUT2D eigenvalue weighted by molar-refractivity contribution is -0.137. The van der Waals surface area contributed by atoms with Crippen molar-refractivity contribution in [3.05, 3.63) is 53.1 Å². The molecule has 30 heavy (non-hydrogen) atoms. The number of rotatable bonds is 1. The first-order valence-corrected chi connectivity index (χ1v) is 10.9. The first-order valence-electron chi connectivity index (χ1n) is 10.9. The zero-order chi connectivity index (χ0) is 21.3. The summed E-state index contributed by atoms with van der Waals surface area (Å²) in [5.41, 5.74) is 3.40. The van der Waals surface area contributed by atoms with Crippen molar-refractivity contribution in [1.29, 1.82) is 0 Å². The van der Waals surface area contributed by atoms with Gasteiger partial charge in [0.1, 0.15) is 5.75 Å². The van der Waals surface area contributed by atoms with E-state index in [1.165, 1.54) is 42.5 Å². The molecular formula is C25H28F3NO. The number of hydrogen-bond donors (Lipinski definition) is 1. The van der Waals surface area contributed by atoms with Crippen LogP contribution in [0.5, 0.6) is 5.75 Å². The highest BCUT2D eigenvalue weighted by Gasteiger charge is 2.60. The number of phenolic OH excluding ortho intramolecular Hbond substituents is 1. The second kappa shape index (κ2) is 6.49. The second-order valence-corrected chi connectivity index (χ2v) is 9.76. The van der Waals surface area contributed by atoms with Gasteiger partial charge in [0.25, 0.3) is 0 Å². The molecule has 2 fully saturated rings. The van der Waals surface area contributed by atoms with Crippen LogP contribution in [0.2, 0.25) is 0 Å². The Morgan fingerprint density at radius 3 is 2.43 bits per heavy atom. The topological polar surface area (TPSA) is 23.5 Å². The summed E-state index contributed by atoms with van der Waals surface area (Å²) in [6, 6.07) is 9.54. The predicted octanol–water partition coefficient (Wildman–Crippen LogP) is 6.16. The van der Waals surface area contributed by atoms with Gasteiger partial charge in [-0.25, -0.2) is 0 Å². The molecule has 0 spiro atoms. The van der Waals surface area contributed by atoms with Crippen LogP contribution in [0.25, 0.3) is 11.1 Å². The number of phenols is 1. The summed E-state index contributed by atoms with van der Waals surface area (Å²) >= 11 is 0. The number of nitrogens with zero attached hydrogens (tertiary/aromatic N) is 1. The Bertz CT molecular complexity index is 983. The molecule has 2 aliphatic carbocycles. The molecule has 0 unspecified atom stereocenters. The summed E-state index contributed by atoms with van der Waals surface area (Å²) in [6.07, 6.45) is 2.51. The van der Waals surface area contributed by atoms with E-state index in [0.717, 1.165) is 37.9 Å². The van der Waals surface area contributed by atoms with Crippen LogP contribution in [-0.2, 0) is 18.0 Å². The molecule has 1 saturated heterocycles. The Kier molecular flexibility index (Phi) is 4.31. The molecule has 2 aromatic rings. The average molecular weight is 415 g/mol. The molecule has 0 radical (unpaired) electrons.